The molecular weight excluding hydrogens is 1320 g/mol. The number of fused-ring (bicyclic) bond motifs is 3. The number of para-hydroxylation sites is 2. The van der Waals surface area contributed by atoms with Gasteiger partial charge in [-0.3, -0.25) is 27.9 Å². The van der Waals surface area contributed by atoms with Crippen molar-refractivity contribution in [2.45, 2.75) is 96.0 Å². The minimum Gasteiger partial charge on any atom is -0.369 e. The van der Waals surface area contributed by atoms with Crippen LogP contribution < -0.4 is 14.7 Å². The lowest BCUT2D eigenvalue weighted by atomic mass is 10.1. The van der Waals surface area contributed by atoms with Crippen molar-refractivity contribution in [1.29, 1.82) is 0 Å². The van der Waals surface area contributed by atoms with Crippen molar-refractivity contribution in [3.8, 4) is 0 Å². The first kappa shape index (κ1) is 66.0. The largest absolute Gasteiger partial charge is 0.420 e. The summed E-state index contributed by atoms with van der Waals surface area (Å²) in [5.41, 5.74) is 1.25. The van der Waals surface area contributed by atoms with Crippen molar-refractivity contribution in [2.24, 2.45) is 17.8 Å². The average molecular weight is 1380 g/mol. The van der Waals surface area contributed by atoms with E-state index in [0.717, 1.165) is 68.7 Å². The van der Waals surface area contributed by atoms with Crippen molar-refractivity contribution in [2.75, 3.05) is 93.2 Å². The summed E-state index contributed by atoms with van der Waals surface area (Å²) in [6.07, 6.45) is 0.283. The van der Waals surface area contributed by atoms with E-state index in [4.69, 9.17) is 46.4 Å². The number of anilines is 3. The number of rotatable bonds is 15. The Morgan fingerprint density at radius 3 is 1.05 bits per heavy atom. The zero-order valence-electron chi connectivity index (χ0n) is 51.1. The van der Waals surface area contributed by atoms with Crippen LogP contribution in [0.1, 0.15) is 89.4 Å². The molecule has 3 saturated carbocycles. The fourth-order valence-electron chi connectivity index (χ4n) is 12.9. The molecule has 15 nitrogen and oxygen atoms in total. The molecule has 0 spiro atoms. The van der Waals surface area contributed by atoms with Crippen LogP contribution in [0.15, 0.2) is 104 Å². The monoisotopic (exact) mass is 1380 g/mol. The molecule has 3 saturated heterocycles. The molecule has 6 aliphatic rings. The quantitative estimate of drug-likeness (QED) is 0.0912. The molecule has 3 aliphatic heterocycles. The molecule has 498 valence electrons. The highest BCUT2D eigenvalue weighted by Crippen LogP contribution is 2.42. The Morgan fingerprint density at radius 1 is 0.362 bits per heavy atom. The topological polar surface area (TPSA) is 110 Å². The minimum absolute atomic E-state index is 0.0829. The minimum atomic E-state index is -4.51. The molecule has 94 heavy (non-hydrogen) atoms. The van der Waals surface area contributed by atoms with Gasteiger partial charge in [0.1, 0.15) is 34.2 Å². The van der Waals surface area contributed by atoms with Crippen LogP contribution in [0.4, 0.5) is 56.6 Å². The second-order valence-corrected chi connectivity index (χ2v) is 27.0. The zero-order chi connectivity index (χ0) is 65.6. The predicted molar refractivity (Wildman–Crippen MR) is 345 cm³/mol. The highest BCUT2D eigenvalue weighted by atomic mass is 35.5. The Bertz CT molecular complexity index is 4100. The molecule has 6 aromatic heterocycles. The highest BCUT2D eigenvalue weighted by Gasteiger charge is 2.42. The summed E-state index contributed by atoms with van der Waals surface area (Å²) in [7, 11) is 0. The van der Waals surface area contributed by atoms with E-state index in [2.05, 4.69) is 55.1 Å². The van der Waals surface area contributed by atoms with E-state index < -0.39 is 35.2 Å². The average Bonchev–Trinajstić information content (AvgIpc) is 1.64. The van der Waals surface area contributed by atoms with Gasteiger partial charge in [0, 0.05) is 147 Å². The first-order valence-electron chi connectivity index (χ1n) is 31.7. The van der Waals surface area contributed by atoms with Crippen LogP contribution in [-0.2, 0) is 57.4 Å². The van der Waals surface area contributed by atoms with Crippen LogP contribution in [0, 0.1) is 17.8 Å². The number of halogens is 13. The van der Waals surface area contributed by atoms with E-state index >= 15 is 0 Å². The third-order valence-electron chi connectivity index (χ3n) is 18.5. The Morgan fingerprint density at radius 2 is 0.702 bits per heavy atom. The predicted octanol–water partition coefficient (Wildman–Crippen LogP) is 14.7. The number of benzene rings is 3. The van der Waals surface area contributed by atoms with Crippen LogP contribution in [0.3, 0.4) is 0 Å². The molecule has 0 atom stereocenters. The van der Waals surface area contributed by atoms with Crippen molar-refractivity contribution < 1.29 is 39.5 Å². The standard InChI is InChI=1S/C22H22Cl2F3N5.2C22H23ClF3N5/c23-16-2-1-3-17(24)20(16)31-10-8-30(9-11-31)13-15-6-7-32-18(12-14-4-5-14)28-29-21(32)19(15)22(25,26)27;23-17-3-5-18(6-4-17)30-11-9-29(10-12-30)14-16-7-8-31-19(13-15-1-2-15)27-28-21(31)20(16)22(24,25)26;23-17-3-1-2-4-18(17)30-11-9-29(10-12-30)14-16-7-8-31-19(13-15-5-6-15)27-28-21(31)20(16)22(24,25)26/h1-3,6-7,14H,4-5,8-13H2;3-8,15H,1-2,9-14H2;1-4,7-8,15H,5-6,9-14H2. The molecule has 9 aromatic rings. The van der Waals surface area contributed by atoms with Crippen LogP contribution in [0.5, 0.6) is 0 Å². The number of alkyl halides is 9. The molecule has 6 fully saturated rings. The van der Waals surface area contributed by atoms with Crippen LogP contribution >= 0.6 is 46.4 Å². The first-order chi connectivity index (χ1) is 45.1. The lowest BCUT2D eigenvalue weighted by Crippen LogP contribution is -2.46. The number of nitrogens with zero attached hydrogens (tertiary/aromatic N) is 15. The fraction of sp³-hybridized carbons (Fsp3) is 0.455. The van der Waals surface area contributed by atoms with Crippen molar-refractivity contribution in [3.05, 3.63) is 174 Å². The van der Waals surface area contributed by atoms with Gasteiger partial charge in [0.2, 0.25) is 0 Å². The molecule has 0 radical (unpaired) electrons. The molecule has 3 aromatic carbocycles. The lowest BCUT2D eigenvalue weighted by Gasteiger charge is -2.37. The van der Waals surface area contributed by atoms with E-state index in [9.17, 15) is 39.5 Å². The van der Waals surface area contributed by atoms with Crippen LogP contribution in [-0.4, -0.2) is 137 Å². The number of aromatic nitrogens is 9. The SMILES string of the molecule is FC(F)(F)c1c(CN2CCN(c3c(Cl)cccc3Cl)CC2)ccn2c(CC3CC3)nnc12.FC(F)(F)c1c(CN2CCN(c3ccc(Cl)cc3)CC2)ccn2c(CC3CC3)nnc12.FC(F)(F)c1c(CN2CCN(c3ccccc3Cl)CC2)ccn2c(CC3CC3)nnc12. The van der Waals surface area contributed by atoms with Gasteiger partial charge in [-0.1, -0.05) is 64.6 Å². The van der Waals surface area contributed by atoms with E-state index in [1.54, 1.807) is 55.0 Å². The van der Waals surface area contributed by atoms with Gasteiger partial charge < -0.3 is 14.7 Å². The maximum atomic E-state index is 14.1. The second kappa shape index (κ2) is 27.4. The van der Waals surface area contributed by atoms with Gasteiger partial charge in [0.05, 0.1) is 26.4 Å². The van der Waals surface area contributed by atoms with Gasteiger partial charge in [-0.15, -0.1) is 30.6 Å². The molecular formula is C66H68Cl4F9N15. The number of hydrogen-bond acceptors (Lipinski definition) is 12. The third kappa shape index (κ3) is 15.3. The van der Waals surface area contributed by atoms with Gasteiger partial charge in [0.15, 0.2) is 16.9 Å². The van der Waals surface area contributed by atoms with Crippen LogP contribution in [0.25, 0.3) is 16.9 Å². The Kier molecular flexibility index (Phi) is 19.3. The van der Waals surface area contributed by atoms with E-state index in [0.29, 0.717) is 140 Å². The third-order valence-corrected chi connectivity index (χ3v) is 19.7. The van der Waals surface area contributed by atoms with Gasteiger partial charge in [-0.25, -0.2) is 0 Å². The van der Waals surface area contributed by atoms with E-state index in [1.807, 2.05) is 53.4 Å². The number of hydrogen-bond donors (Lipinski definition) is 0. The van der Waals surface area contributed by atoms with Crippen LogP contribution in [0.2, 0.25) is 20.1 Å². The molecule has 0 bridgehead atoms. The van der Waals surface area contributed by atoms with Gasteiger partial charge in [-0.2, -0.15) is 39.5 Å². The fourth-order valence-corrected chi connectivity index (χ4v) is 13.9. The second-order valence-electron chi connectivity index (χ2n) is 25.3. The molecule has 9 heterocycles. The maximum Gasteiger partial charge on any atom is 0.420 e. The summed E-state index contributed by atoms with van der Waals surface area (Å²) in [4.78, 5) is 12.6. The molecule has 0 unspecified atom stereocenters. The molecule has 15 rings (SSSR count). The van der Waals surface area contributed by atoms with E-state index in [1.165, 1.54) is 13.2 Å². The van der Waals surface area contributed by atoms with Crippen molar-refractivity contribution in [1.82, 2.24) is 58.5 Å². The van der Waals surface area contributed by atoms with Gasteiger partial charge >= 0.3 is 18.5 Å². The number of piperazine rings is 3. The van der Waals surface area contributed by atoms with Gasteiger partial charge in [0.25, 0.3) is 0 Å². The summed E-state index contributed by atoms with van der Waals surface area (Å²) >= 11 is 24.9. The van der Waals surface area contributed by atoms with Crippen molar-refractivity contribution >= 4 is 80.4 Å². The molecule has 28 heteroatoms. The summed E-state index contributed by atoms with van der Waals surface area (Å²) in [6, 6.07) is 25.4. The summed E-state index contributed by atoms with van der Waals surface area (Å²) in [5.74, 6) is 3.40. The number of pyridine rings is 3. The highest BCUT2D eigenvalue weighted by molar-refractivity contribution is 6.39. The summed E-state index contributed by atoms with van der Waals surface area (Å²) in [6.45, 7) is 8.74. The van der Waals surface area contributed by atoms with Crippen molar-refractivity contribution in [3.63, 3.8) is 0 Å². The summed E-state index contributed by atoms with van der Waals surface area (Å²) < 4.78 is 131. The van der Waals surface area contributed by atoms with Gasteiger partial charge in [-0.05, 0) is 140 Å². The first-order valence-corrected chi connectivity index (χ1v) is 33.2. The lowest BCUT2D eigenvalue weighted by molar-refractivity contribution is -0.138. The van der Waals surface area contributed by atoms with E-state index in [-0.39, 0.29) is 53.3 Å². The zero-order valence-corrected chi connectivity index (χ0v) is 54.2. The molecule has 0 amide bonds. The molecule has 0 N–H and O–H groups in total. The Hall–Kier alpha value is -6.67. The Labute approximate surface area is 556 Å². The summed E-state index contributed by atoms with van der Waals surface area (Å²) in [5, 5.41) is 26.5. The Balaban J connectivity index is 0.000000128. The molecule has 3 aliphatic carbocycles. The normalized spacial score (nSPS) is 18.1. The smallest absolute Gasteiger partial charge is 0.369 e. The maximum absolute atomic E-state index is 14.1.